The lowest BCUT2D eigenvalue weighted by atomic mass is 9.79. The van der Waals surface area contributed by atoms with E-state index in [1.54, 1.807) is 30.3 Å². The summed E-state index contributed by atoms with van der Waals surface area (Å²) in [6, 6.07) is 10.9. The van der Waals surface area contributed by atoms with Crippen LogP contribution in [0.3, 0.4) is 0 Å². The quantitative estimate of drug-likeness (QED) is 0.318. The van der Waals surface area contributed by atoms with Crippen molar-refractivity contribution in [1.29, 1.82) is 0 Å². The van der Waals surface area contributed by atoms with Crippen molar-refractivity contribution in [2.75, 3.05) is 23.0 Å². The third-order valence-corrected chi connectivity index (χ3v) is 7.24. The molecule has 2 aliphatic heterocycles. The SMILES string of the molecule is CCOc1ccc(N2C(=O)/C(=C\c3cc4c(cc3Cl)N(CC)C(C)(C)CC4C)C(=O)NC2=S)cc1. The highest BCUT2D eigenvalue weighted by atomic mass is 35.5. The van der Waals surface area contributed by atoms with Crippen LogP contribution in [-0.2, 0) is 9.59 Å². The van der Waals surface area contributed by atoms with Gasteiger partial charge in [-0.15, -0.1) is 0 Å². The number of ether oxygens (including phenoxy) is 1. The molecule has 35 heavy (non-hydrogen) atoms. The molecule has 4 rings (SSSR count). The first-order valence-corrected chi connectivity index (χ1v) is 12.6. The van der Waals surface area contributed by atoms with Crippen molar-refractivity contribution < 1.29 is 14.3 Å². The molecule has 2 aromatic carbocycles. The predicted octanol–water partition coefficient (Wildman–Crippen LogP) is 5.68. The number of nitrogens with zero attached hydrogens (tertiary/aromatic N) is 2. The summed E-state index contributed by atoms with van der Waals surface area (Å²) in [6.45, 7) is 12.1. The summed E-state index contributed by atoms with van der Waals surface area (Å²) in [4.78, 5) is 29.9. The van der Waals surface area contributed by atoms with Gasteiger partial charge in [0.25, 0.3) is 11.8 Å². The third-order valence-electron chi connectivity index (χ3n) is 6.63. The van der Waals surface area contributed by atoms with Crippen LogP contribution >= 0.6 is 23.8 Å². The van der Waals surface area contributed by atoms with E-state index >= 15 is 0 Å². The summed E-state index contributed by atoms with van der Waals surface area (Å²) in [5, 5.41) is 3.15. The number of carbonyl (C=O) groups excluding carboxylic acids is 2. The van der Waals surface area contributed by atoms with Gasteiger partial charge in [-0.3, -0.25) is 19.8 Å². The largest absolute Gasteiger partial charge is 0.494 e. The van der Waals surface area contributed by atoms with Gasteiger partial charge in [-0.05, 0) is 106 Å². The molecular weight excluding hydrogens is 482 g/mol. The summed E-state index contributed by atoms with van der Waals surface area (Å²) in [5.41, 5.74) is 3.42. The van der Waals surface area contributed by atoms with Crippen molar-refractivity contribution in [2.45, 2.75) is 52.5 Å². The molecule has 1 unspecified atom stereocenters. The first-order valence-electron chi connectivity index (χ1n) is 11.8. The van der Waals surface area contributed by atoms with E-state index in [9.17, 15) is 9.59 Å². The Hall–Kier alpha value is -2.90. The Kier molecular flexibility index (Phi) is 6.93. The number of hydrogen-bond donors (Lipinski definition) is 1. The zero-order valence-corrected chi connectivity index (χ0v) is 22.2. The van der Waals surface area contributed by atoms with Gasteiger partial charge in [0.2, 0.25) is 0 Å². The molecule has 8 heteroatoms. The summed E-state index contributed by atoms with van der Waals surface area (Å²) in [7, 11) is 0. The number of fused-ring (bicyclic) bond motifs is 1. The number of hydrogen-bond acceptors (Lipinski definition) is 5. The molecule has 1 N–H and O–H groups in total. The smallest absolute Gasteiger partial charge is 0.270 e. The molecule has 1 fully saturated rings. The molecule has 0 bridgehead atoms. The molecular formula is C27H30ClN3O3S. The normalized spacial score (nSPS) is 20.7. The fraction of sp³-hybridized carbons (Fsp3) is 0.370. The fourth-order valence-electron chi connectivity index (χ4n) is 5.14. The number of nitrogens with one attached hydrogen (secondary N) is 1. The molecule has 2 amide bonds. The maximum Gasteiger partial charge on any atom is 0.270 e. The molecule has 0 aromatic heterocycles. The van der Waals surface area contributed by atoms with Gasteiger partial charge in [0, 0.05) is 22.8 Å². The summed E-state index contributed by atoms with van der Waals surface area (Å²) < 4.78 is 5.48. The molecule has 1 saturated heterocycles. The Morgan fingerprint density at radius 1 is 1.20 bits per heavy atom. The van der Waals surface area contributed by atoms with Crippen LogP contribution in [0.5, 0.6) is 5.75 Å². The average Bonchev–Trinajstić information content (AvgIpc) is 2.78. The Morgan fingerprint density at radius 3 is 2.51 bits per heavy atom. The van der Waals surface area contributed by atoms with Gasteiger partial charge in [-0.1, -0.05) is 18.5 Å². The van der Waals surface area contributed by atoms with Crippen molar-refractivity contribution >= 4 is 58.2 Å². The van der Waals surface area contributed by atoms with Gasteiger partial charge in [-0.2, -0.15) is 0 Å². The second-order valence-electron chi connectivity index (χ2n) is 9.48. The molecule has 0 radical (unpaired) electrons. The Labute approximate surface area is 216 Å². The van der Waals surface area contributed by atoms with Crippen LogP contribution in [-0.4, -0.2) is 35.6 Å². The second kappa shape index (κ2) is 9.63. The second-order valence-corrected chi connectivity index (χ2v) is 10.3. The number of rotatable bonds is 5. The van der Waals surface area contributed by atoms with Crippen LogP contribution in [0.25, 0.3) is 6.08 Å². The van der Waals surface area contributed by atoms with Gasteiger partial charge >= 0.3 is 0 Å². The highest BCUT2D eigenvalue weighted by Gasteiger charge is 2.37. The van der Waals surface area contributed by atoms with Crippen molar-refractivity contribution in [2.24, 2.45) is 0 Å². The minimum absolute atomic E-state index is 0.0115. The predicted molar refractivity (Wildman–Crippen MR) is 145 cm³/mol. The van der Waals surface area contributed by atoms with Crippen LogP contribution in [0.15, 0.2) is 42.0 Å². The minimum Gasteiger partial charge on any atom is -0.494 e. The maximum absolute atomic E-state index is 13.4. The lowest BCUT2D eigenvalue weighted by molar-refractivity contribution is -0.122. The van der Waals surface area contributed by atoms with E-state index in [1.807, 2.05) is 19.1 Å². The van der Waals surface area contributed by atoms with E-state index in [1.165, 1.54) is 4.90 Å². The summed E-state index contributed by atoms with van der Waals surface area (Å²) in [5.74, 6) is -0.0480. The zero-order valence-electron chi connectivity index (χ0n) is 20.6. The molecule has 2 heterocycles. The minimum atomic E-state index is -0.541. The fourth-order valence-corrected chi connectivity index (χ4v) is 5.63. The monoisotopic (exact) mass is 511 g/mol. The number of carbonyl (C=O) groups is 2. The van der Waals surface area contributed by atoms with Gasteiger partial charge < -0.3 is 9.64 Å². The van der Waals surface area contributed by atoms with Gasteiger partial charge in [0.05, 0.1) is 12.3 Å². The Morgan fingerprint density at radius 2 is 1.89 bits per heavy atom. The van der Waals surface area contributed by atoms with Crippen LogP contribution in [0.4, 0.5) is 11.4 Å². The Balaban J connectivity index is 1.73. The summed E-state index contributed by atoms with van der Waals surface area (Å²) in [6.07, 6.45) is 2.55. The highest BCUT2D eigenvalue weighted by Crippen LogP contribution is 2.45. The number of anilines is 2. The maximum atomic E-state index is 13.4. The average molecular weight is 512 g/mol. The van der Waals surface area contributed by atoms with Gasteiger partial charge in [-0.25, -0.2) is 0 Å². The van der Waals surface area contributed by atoms with Crippen molar-refractivity contribution in [3.63, 3.8) is 0 Å². The van der Waals surface area contributed by atoms with Gasteiger partial charge in [0.15, 0.2) is 5.11 Å². The topological polar surface area (TPSA) is 61.9 Å². The number of amides is 2. The first-order chi connectivity index (χ1) is 16.6. The number of thiocarbonyl (C=S) groups is 1. The van der Waals surface area contributed by atoms with E-state index in [-0.39, 0.29) is 16.2 Å². The van der Waals surface area contributed by atoms with E-state index < -0.39 is 11.8 Å². The first kappa shape index (κ1) is 25.2. The van der Waals surface area contributed by atoms with E-state index in [0.717, 1.165) is 24.2 Å². The molecule has 0 spiro atoms. The molecule has 6 nitrogen and oxygen atoms in total. The zero-order chi connectivity index (χ0) is 25.5. The molecule has 2 aliphatic rings. The van der Waals surface area contributed by atoms with E-state index in [4.69, 9.17) is 28.6 Å². The van der Waals surface area contributed by atoms with Crippen molar-refractivity contribution in [3.8, 4) is 5.75 Å². The molecule has 1 atom stereocenters. The molecule has 0 aliphatic carbocycles. The lowest BCUT2D eigenvalue weighted by Gasteiger charge is -2.47. The lowest BCUT2D eigenvalue weighted by Crippen LogP contribution is -2.54. The number of halogens is 1. The highest BCUT2D eigenvalue weighted by molar-refractivity contribution is 7.80. The van der Waals surface area contributed by atoms with Crippen LogP contribution in [0.1, 0.15) is 58.1 Å². The van der Waals surface area contributed by atoms with E-state index in [2.05, 4.69) is 37.9 Å². The molecule has 184 valence electrons. The summed E-state index contributed by atoms with van der Waals surface area (Å²) >= 11 is 12.0. The molecule has 0 saturated carbocycles. The Bertz CT molecular complexity index is 1220. The van der Waals surface area contributed by atoms with Crippen molar-refractivity contribution in [1.82, 2.24) is 5.32 Å². The standard InChI is InChI=1S/C27H30ClN3O3S/c1-6-30-23-14-22(28)17(12-20(23)16(3)15-27(30,4)5)13-21-24(32)29-26(35)31(25(21)33)18-8-10-19(11-9-18)34-7-2/h8-14,16H,6-7,15H2,1-5H3,(H,29,32,35)/b21-13-. The van der Waals surface area contributed by atoms with Gasteiger partial charge in [0.1, 0.15) is 11.3 Å². The number of benzene rings is 2. The third kappa shape index (κ3) is 4.67. The van der Waals surface area contributed by atoms with Crippen LogP contribution < -0.4 is 19.9 Å². The van der Waals surface area contributed by atoms with E-state index in [0.29, 0.717) is 34.5 Å². The van der Waals surface area contributed by atoms with Crippen LogP contribution in [0, 0.1) is 0 Å². The van der Waals surface area contributed by atoms with Crippen LogP contribution in [0.2, 0.25) is 5.02 Å². The molecule has 2 aromatic rings. The van der Waals surface area contributed by atoms with Crippen molar-refractivity contribution in [3.05, 3.63) is 58.1 Å².